The van der Waals surface area contributed by atoms with Crippen LogP contribution in [-0.4, -0.2) is 23.9 Å². The van der Waals surface area contributed by atoms with E-state index in [1.807, 2.05) is 0 Å². The molecule has 1 aliphatic heterocycles. The Hall–Kier alpha value is -3.01. The molecule has 7 heteroatoms. The number of nitrogens with zero attached hydrogens (tertiary/aromatic N) is 4. The van der Waals surface area contributed by atoms with Gasteiger partial charge in [0, 0.05) is 18.7 Å². The van der Waals surface area contributed by atoms with E-state index < -0.39 is 0 Å². The van der Waals surface area contributed by atoms with Gasteiger partial charge in [-0.15, -0.1) is 0 Å². The summed E-state index contributed by atoms with van der Waals surface area (Å²) in [6.07, 6.45) is 3.09. The lowest BCUT2D eigenvalue weighted by Crippen LogP contribution is -2.35. The molecule has 1 amide bonds. The molecule has 1 aromatic carbocycles. The third-order valence-electron chi connectivity index (χ3n) is 3.70. The lowest BCUT2D eigenvalue weighted by atomic mass is 10.1. The van der Waals surface area contributed by atoms with Crippen LogP contribution in [0.25, 0.3) is 0 Å². The molecule has 0 spiro atoms. The minimum absolute atomic E-state index is 0.0994. The second-order valence-electron chi connectivity index (χ2n) is 5.26. The van der Waals surface area contributed by atoms with Crippen LogP contribution in [-0.2, 0) is 0 Å². The van der Waals surface area contributed by atoms with E-state index >= 15 is 0 Å². The number of carbonyl (C=O) groups is 1. The number of piperidine rings is 1. The highest BCUT2D eigenvalue weighted by atomic mass is 35.5. The molecule has 0 aromatic heterocycles. The highest BCUT2D eigenvalue weighted by Crippen LogP contribution is 2.26. The van der Waals surface area contributed by atoms with Gasteiger partial charge in [0.25, 0.3) is 5.91 Å². The van der Waals surface area contributed by atoms with Gasteiger partial charge in [-0.2, -0.15) is 15.8 Å². The molecule has 0 aliphatic carbocycles. The zero-order valence-electron chi connectivity index (χ0n) is 12.8. The van der Waals surface area contributed by atoms with E-state index in [9.17, 15) is 4.79 Å². The third-order valence-corrected chi connectivity index (χ3v) is 4.03. The Balaban J connectivity index is 2.31. The van der Waals surface area contributed by atoms with Crippen molar-refractivity contribution >= 4 is 23.2 Å². The number of halogens is 1. The summed E-state index contributed by atoms with van der Waals surface area (Å²) in [6, 6.07) is 9.76. The number of rotatable bonds is 3. The molecule has 2 rings (SSSR count). The van der Waals surface area contributed by atoms with Crippen molar-refractivity contribution < 1.29 is 4.79 Å². The Morgan fingerprint density at radius 1 is 1.08 bits per heavy atom. The maximum atomic E-state index is 12.5. The monoisotopic (exact) mass is 339 g/mol. The number of nitriles is 3. The van der Waals surface area contributed by atoms with Gasteiger partial charge in [-0.05, 0) is 37.5 Å². The normalized spacial score (nSPS) is 13.2. The minimum Gasteiger partial charge on any atom is -0.344 e. The van der Waals surface area contributed by atoms with E-state index in [2.05, 4.69) is 5.32 Å². The van der Waals surface area contributed by atoms with Gasteiger partial charge < -0.3 is 10.2 Å². The van der Waals surface area contributed by atoms with Gasteiger partial charge in [-0.1, -0.05) is 11.6 Å². The lowest BCUT2D eigenvalue weighted by Gasteiger charge is -2.27. The van der Waals surface area contributed by atoms with Crippen molar-refractivity contribution in [1.82, 2.24) is 4.90 Å². The average Bonchev–Trinajstić information content (AvgIpc) is 2.63. The number of nitrogens with one attached hydrogen (secondary N) is 1. The van der Waals surface area contributed by atoms with E-state index in [1.165, 1.54) is 6.07 Å². The summed E-state index contributed by atoms with van der Waals surface area (Å²) in [5, 5.41) is 29.8. The SMILES string of the molecule is N#CC(C#N)=C(C#N)Nc1cc(C(=O)N2CCCCC2)ccc1Cl. The maximum absolute atomic E-state index is 12.5. The Labute approximate surface area is 145 Å². The zero-order valence-corrected chi connectivity index (χ0v) is 13.6. The molecule has 0 bridgehead atoms. The molecule has 1 aromatic rings. The summed E-state index contributed by atoms with van der Waals surface area (Å²) < 4.78 is 0. The fourth-order valence-electron chi connectivity index (χ4n) is 2.45. The van der Waals surface area contributed by atoms with Gasteiger partial charge in [0.05, 0.1) is 10.7 Å². The summed E-state index contributed by atoms with van der Waals surface area (Å²) in [5.74, 6) is -0.0994. The summed E-state index contributed by atoms with van der Waals surface area (Å²) in [5.41, 5.74) is 0.196. The van der Waals surface area contributed by atoms with Crippen molar-refractivity contribution in [3.8, 4) is 18.2 Å². The van der Waals surface area contributed by atoms with Crippen molar-refractivity contribution in [3.63, 3.8) is 0 Å². The van der Waals surface area contributed by atoms with Crippen molar-refractivity contribution in [3.05, 3.63) is 40.1 Å². The fraction of sp³-hybridized carbons (Fsp3) is 0.294. The number of likely N-dealkylation sites (tertiary alicyclic amines) is 1. The van der Waals surface area contributed by atoms with Crippen LogP contribution in [0.4, 0.5) is 5.69 Å². The number of benzene rings is 1. The maximum Gasteiger partial charge on any atom is 0.253 e. The van der Waals surface area contributed by atoms with Gasteiger partial charge in [0.15, 0.2) is 5.57 Å². The number of anilines is 1. The topological polar surface area (TPSA) is 104 Å². The summed E-state index contributed by atoms with van der Waals surface area (Å²) in [6.45, 7) is 1.45. The molecule has 24 heavy (non-hydrogen) atoms. The molecule has 1 N–H and O–H groups in total. The van der Waals surface area contributed by atoms with Crippen LogP contribution < -0.4 is 5.32 Å². The molecule has 1 aliphatic rings. The molecule has 0 radical (unpaired) electrons. The molecular formula is C17H14ClN5O. The van der Waals surface area contributed by atoms with Crippen molar-refractivity contribution in [2.45, 2.75) is 19.3 Å². The lowest BCUT2D eigenvalue weighted by molar-refractivity contribution is 0.0724. The summed E-state index contributed by atoms with van der Waals surface area (Å²) in [7, 11) is 0. The Morgan fingerprint density at radius 3 is 2.33 bits per heavy atom. The predicted octanol–water partition coefficient (Wildman–Crippen LogP) is 3.20. The molecule has 1 fully saturated rings. The van der Waals surface area contributed by atoms with Crippen LogP contribution >= 0.6 is 11.6 Å². The first-order valence-electron chi connectivity index (χ1n) is 7.41. The van der Waals surface area contributed by atoms with Crippen LogP contribution in [0.1, 0.15) is 29.6 Å². The molecule has 1 heterocycles. The first-order valence-corrected chi connectivity index (χ1v) is 7.79. The van der Waals surface area contributed by atoms with E-state index in [0.29, 0.717) is 11.3 Å². The van der Waals surface area contributed by atoms with Gasteiger partial charge >= 0.3 is 0 Å². The Bertz CT molecular complexity index is 788. The summed E-state index contributed by atoms with van der Waals surface area (Å²) >= 11 is 6.09. The van der Waals surface area contributed by atoms with E-state index in [1.54, 1.807) is 35.2 Å². The van der Waals surface area contributed by atoms with E-state index in [-0.39, 0.29) is 22.2 Å². The first-order chi connectivity index (χ1) is 11.6. The fourth-order valence-corrected chi connectivity index (χ4v) is 2.62. The number of allylic oxidation sites excluding steroid dienone is 2. The first kappa shape index (κ1) is 17.3. The van der Waals surface area contributed by atoms with E-state index in [0.717, 1.165) is 32.4 Å². The second-order valence-corrected chi connectivity index (χ2v) is 5.67. The predicted molar refractivity (Wildman–Crippen MR) is 88.7 cm³/mol. The van der Waals surface area contributed by atoms with Crippen LogP contribution in [0, 0.1) is 34.0 Å². The Morgan fingerprint density at radius 2 is 1.75 bits per heavy atom. The highest BCUT2D eigenvalue weighted by molar-refractivity contribution is 6.33. The second kappa shape index (κ2) is 8.02. The number of hydrogen-bond donors (Lipinski definition) is 1. The quantitative estimate of drug-likeness (QED) is 0.851. The zero-order chi connectivity index (χ0) is 17.5. The van der Waals surface area contributed by atoms with Crippen LogP contribution in [0.15, 0.2) is 29.5 Å². The molecule has 6 nitrogen and oxygen atoms in total. The van der Waals surface area contributed by atoms with Crippen molar-refractivity contribution in [2.75, 3.05) is 18.4 Å². The third kappa shape index (κ3) is 3.84. The number of amides is 1. The molecule has 1 saturated heterocycles. The summed E-state index contributed by atoms with van der Waals surface area (Å²) in [4.78, 5) is 14.3. The van der Waals surface area contributed by atoms with Crippen molar-refractivity contribution in [2.24, 2.45) is 0 Å². The van der Waals surface area contributed by atoms with E-state index in [4.69, 9.17) is 27.4 Å². The smallest absolute Gasteiger partial charge is 0.253 e. The number of hydrogen-bond acceptors (Lipinski definition) is 5. The number of carbonyl (C=O) groups excluding carboxylic acids is 1. The molecule has 0 atom stereocenters. The van der Waals surface area contributed by atoms with Gasteiger partial charge in [-0.25, -0.2) is 0 Å². The molecule has 0 saturated carbocycles. The average molecular weight is 340 g/mol. The molecular weight excluding hydrogens is 326 g/mol. The van der Waals surface area contributed by atoms with Gasteiger partial charge in [0.1, 0.15) is 23.9 Å². The van der Waals surface area contributed by atoms with Crippen LogP contribution in [0.2, 0.25) is 5.02 Å². The Kier molecular flexibility index (Phi) is 5.79. The molecule has 0 unspecified atom stereocenters. The molecule has 120 valence electrons. The standard InChI is InChI=1S/C17H14ClN5O/c18-14-5-4-12(17(24)23-6-2-1-3-7-23)8-15(14)22-16(11-21)13(9-19)10-20/h4-5,8,22H,1-3,6-7H2. The van der Waals surface area contributed by atoms with Crippen LogP contribution in [0.5, 0.6) is 0 Å². The van der Waals surface area contributed by atoms with Crippen LogP contribution in [0.3, 0.4) is 0 Å². The van der Waals surface area contributed by atoms with Gasteiger partial charge in [-0.3, -0.25) is 4.79 Å². The van der Waals surface area contributed by atoms with Gasteiger partial charge in [0.2, 0.25) is 0 Å². The minimum atomic E-state index is -0.346. The van der Waals surface area contributed by atoms with Crippen molar-refractivity contribution in [1.29, 1.82) is 15.8 Å². The largest absolute Gasteiger partial charge is 0.344 e. The highest BCUT2D eigenvalue weighted by Gasteiger charge is 2.19.